The summed E-state index contributed by atoms with van der Waals surface area (Å²) in [5.74, 6) is -1.30. The summed E-state index contributed by atoms with van der Waals surface area (Å²) in [4.78, 5) is 20.1. The molecular formula is C12H19O4. The van der Waals surface area contributed by atoms with E-state index in [2.05, 4.69) is 20.1 Å². The van der Waals surface area contributed by atoms with E-state index >= 15 is 0 Å². The zero-order valence-electron chi connectivity index (χ0n) is 9.86. The van der Waals surface area contributed by atoms with Crippen molar-refractivity contribution in [2.75, 3.05) is 0 Å². The monoisotopic (exact) mass is 227 g/mol. The second-order valence-electron chi connectivity index (χ2n) is 3.18. The highest BCUT2D eigenvalue weighted by Gasteiger charge is 2.03. The van der Waals surface area contributed by atoms with Crippen LogP contribution in [0.1, 0.15) is 26.7 Å². The molecule has 0 rings (SSSR count). The first-order valence-corrected chi connectivity index (χ1v) is 4.86. The minimum absolute atomic E-state index is 0.0389. The summed E-state index contributed by atoms with van der Waals surface area (Å²) in [5.41, 5.74) is 0.176. The van der Waals surface area contributed by atoms with Crippen LogP contribution in [0.4, 0.5) is 0 Å². The molecule has 91 valence electrons. The third kappa shape index (κ3) is 12.4. The number of esters is 1. The van der Waals surface area contributed by atoms with Gasteiger partial charge in [-0.1, -0.05) is 20.1 Å². The molecule has 1 atom stereocenters. The lowest BCUT2D eigenvalue weighted by molar-refractivity contribution is -0.142. The number of carbonyl (C=O) groups is 2. The van der Waals surface area contributed by atoms with E-state index in [-0.39, 0.29) is 17.6 Å². The molecule has 0 aromatic rings. The summed E-state index contributed by atoms with van der Waals surface area (Å²) in [6.45, 7) is 13.4. The molecule has 0 fully saturated rings. The fourth-order valence-electron chi connectivity index (χ4n) is 0.593. The van der Waals surface area contributed by atoms with Gasteiger partial charge in [-0.3, -0.25) is 0 Å². The third-order valence-corrected chi connectivity index (χ3v) is 1.46. The second kappa shape index (κ2) is 9.96. The van der Waals surface area contributed by atoms with Gasteiger partial charge in [-0.05, 0) is 26.7 Å². The van der Waals surface area contributed by atoms with E-state index in [0.29, 0.717) is 0 Å². The molecular weight excluding hydrogens is 208 g/mol. The van der Waals surface area contributed by atoms with E-state index in [1.807, 2.05) is 6.92 Å². The molecule has 1 radical (unpaired) electrons. The average molecular weight is 227 g/mol. The minimum Gasteiger partial charge on any atom is -0.478 e. The van der Waals surface area contributed by atoms with Crippen molar-refractivity contribution in [3.8, 4) is 0 Å². The Bertz CT molecular complexity index is 244. The molecule has 0 aromatic heterocycles. The van der Waals surface area contributed by atoms with Gasteiger partial charge in [-0.2, -0.15) is 0 Å². The number of carboxylic acids is 1. The van der Waals surface area contributed by atoms with Crippen molar-refractivity contribution in [1.29, 1.82) is 0 Å². The van der Waals surface area contributed by atoms with Gasteiger partial charge >= 0.3 is 11.9 Å². The molecule has 1 N–H and O–H groups in total. The zero-order chi connectivity index (χ0) is 13.1. The largest absolute Gasteiger partial charge is 0.478 e. The van der Waals surface area contributed by atoms with Crippen LogP contribution in [0.3, 0.4) is 0 Å². The van der Waals surface area contributed by atoms with Crippen molar-refractivity contribution >= 4 is 11.9 Å². The molecule has 0 aliphatic rings. The number of carbonyl (C=O) groups excluding carboxylic acids is 1. The first-order chi connectivity index (χ1) is 7.34. The molecule has 0 saturated carbocycles. The Morgan fingerprint density at radius 1 is 1.50 bits per heavy atom. The lowest BCUT2D eigenvalue weighted by atomic mass is 10.2. The highest BCUT2D eigenvalue weighted by atomic mass is 16.5. The fourth-order valence-corrected chi connectivity index (χ4v) is 0.593. The predicted octanol–water partition coefficient (Wildman–Crippen LogP) is 2.37. The molecule has 0 aliphatic carbocycles. The van der Waals surface area contributed by atoms with Crippen LogP contribution in [-0.2, 0) is 14.3 Å². The van der Waals surface area contributed by atoms with Crippen LogP contribution in [0.25, 0.3) is 0 Å². The molecule has 0 amide bonds. The van der Waals surface area contributed by atoms with E-state index in [9.17, 15) is 9.59 Å². The van der Waals surface area contributed by atoms with Gasteiger partial charge in [-0.25, -0.2) is 9.59 Å². The Hall–Kier alpha value is -1.58. The van der Waals surface area contributed by atoms with Gasteiger partial charge in [0, 0.05) is 11.6 Å². The van der Waals surface area contributed by atoms with Crippen molar-refractivity contribution in [3.63, 3.8) is 0 Å². The van der Waals surface area contributed by atoms with Gasteiger partial charge < -0.3 is 9.84 Å². The normalized spacial score (nSPS) is 10.4. The molecule has 4 nitrogen and oxygen atoms in total. The van der Waals surface area contributed by atoms with Crippen LogP contribution in [-0.4, -0.2) is 23.1 Å². The van der Waals surface area contributed by atoms with Gasteiger partial charge in [0.2, 0.25) is 0 Å². The van der Waals surface area contributed by atoms with Crippen LogP contribution in [0, 0.1) is 6.92 Å². The van der Waals surface area contributed by atoms with Crippen molar-refractivity contribution in [3.05, 3.63) is 31.7 Å². The maximum Gasteiger partial charge on any atom is 0.330 e. The van der Waals surface area contributed by atoms with Crippen molar-refractivity contribution in [1.82, 2.24) is 0 Å². The molecule has 4 heteroatoms. The maximum atomic E-state index is 10.5. The average Bonchev–Trinajstić information content (AvgIpc) is 2.18. The Morgan fingerprint density at radius 3 is 2.19 bits per heavy atom. The Morgan fingerprint density at radius 2 is 1.94 bits per heavy atom. The summed E-state index contributed by atoms with van der Waals surface area (Å²) in [6.07, 6.45) is 2.72. The van der Waals surface area contributed by atoms with E-state index in [1.54, 1.807) is 0 Å². The first kappa shape index (κ1) is 16.8. The summed E-state index contributed by atoms with van der Waals surface area (Å²) < 4.78 is 4.84. The molecule has 0 spiro atoms. The van der Waals surface area contributed by atoms with Crippen LogP contribution < -0.4 is 0 Å². The molecule has 0 heterocycles. The van der Waals surface area contributed by atoms with Crippen molar-refractivity contribution < 1.29 is 19.4 Å². The predicted molar refractivity (Wildman–Crippen MR) is 62.8 cm³/mol. The highest BCUT2D eigenvalue weighted by molar-refractivity contribution is 5.84. The fraction of sp³-hybridized carbons (Fsp3) is 0.417. The summed E-state index contributed by atoms with van der Waals surface area (Å²) in [7, 11) is 0. The summed E-state index contributed by atoms with van der Waals surface area (Å²) >= 11 is 0. The third-order valence-electron chi connectivity index (χ3n) is 1.46. The van der Waals surface area contributed by atoms with Gasteiger partial charge in [0.25, 0.3) is 0 Å². The second-order valence-corrected chi connectivity index (χ2v) is 3.18. The van der Waals surface area contributed by atoms with Crippen molar-refractivity contribution in [2.24, 2.45) is 0 Å². The highest BCUT2D eigenvalue weighted by Crippen LogP contribution is 2.00. The molecule has 16 heavy (non-hydrogen) atoms. The molecule has 0 saturated heterocycles. The number of ether oxygens (including phenoxy) is 1. The van der Waals surface area contributed by atoms with Crippen LogP contribution in [0.5, 0.6) is 0 Å². The van der Waals surface area contributed by atoms with Gasteiger partial charge in [0.1, 0.15) is 0 Å². The van der Waals surface area contributed by atoms with E-state index in [4.69, 9.17) is 9.84 Å². The van der Waals surface area contributed by atoms with Crippen LogP contribution >= 0.6 is 0 Å². The summed E-state index contributed by atoms with van der Waals surface area (Å²) in [5, 5.41) is 7.89. The molecule has 0 aliphatic heterocycles. The van der Waals surface area contributed by atoms with Gasteiger partial charge in [0.05, 0.1) is 6.10 Å². The van der Waals surface area contributed by atoms with Gasteiger partial charge in [0.15, 0.2) is 0 Å². The Balaban J connectivity index is 0. The zero-order valence-corrected chi connectivity index (χ0v) is 9.86. The number of hydrogen-bond acceptors (Lipinski definition) is 3. The SMILES string of the molecule is C=C(C)C(=O)O.[CH2]CCC(C)OC(=O)C=C. The summed E-state index contributed by atoms with van der Waals surface area (Å²) in [6, 6.07) is 0. The van der Waals surface area contributed by atoms with E-state index in [1.165, 1.54) is 13.0 Å². The Kier molecular flexibility index (Phi) is 10.5. The topological polar surface area (TPSA) is 63.6 Å². The molecule has 0 aromatic carbocycles. The van der Waals surface area contributed by atoms with Crippen LogP contribution in [0.2, 0.25) is 0 Å². The van der Waals surface area contributed by atoms with E-state index < -0.39 is 5.97 Å². The minimum atomic E-state index is -0.935. The van der Waals surface area contributed by atoms with E-state index in [0.717, 1.165) is 12.8 Å². The maximum absolute atomic E-state index is 10.5. The quantitative estimate of drug-likeness (QED) is 0.578. The van der Waals surface area contributed by atoms with Crippen molar-refractivity contribution in [2.45, 2.75) is 32.8 Å². The van der Waals surface area contributed by atoms with Gasteiger partial charge in [-0.15, -0.1) is 0 Å². The standard InChI is InChI=1S/C8H13O2.C4H6O2/c1-4-6-7(3)10-8(9)5-2;1-3(2)4(5)6/h5,7H,1-2,4,6H2,3H3;1H2,2H3,(H,5,6). The molecule has 1 unspecified atom stereocenters. The smallest absolute Gasteiger partial charge is 0.330 e. The number of carboxylic acid groups (broad SMARTS) is 1. The Labute approximate surface area is 96.6 Å². The number of aliphatic carboxylic acids is 1. The lowest BCUT2D eigenvalue weighted by Crippen LogP contribution is -2.11. The lowest BCUT2D eigenvalue weighted by Gasteiger charge is -2.08. The number of rotatable bonds is 5. The van der Waals surface area contributed by atoms with Crippen LogP contribution in [0.15, 0.2) is 24.8 Å². The number of hydrogen-bond donors (Lipinski definition) is 1. The first-order valence-electron chi connectivity index (χ1n) is 4.86. The molecule has 0 bridgehead atoms.